The standard InChI is InChI=1S/C18H19N3O6S/c1-2-21-13-7-8-14(10-4-3-5-11(16(10)13)17(21)23)28(26,27)20-12(18(24)25)6-9-15(19)22/h3-5,7-8,12,20H,2,6,9H2,1H3,(H2,19,22)(H,24,25)/p-1/t12-/m1/s1. The van der Waals surface area contributed by atoms with Gasteiger partial charge >= 0.3 is 0 Å². The minimum atomic E-state index is -4.28. The van der Waals surface area contributed by atoms with Crippen LogP contribution in [0, 0.1) is 0 Å². The number of nitrogens with two attached hydrogens (primary N) is 1. The highest BCUT2D eigenvalue weighted by Gasteiger charge is 2.32. The van der Waals surface area contributed by atoms with Crippen molar-refractivity contribution in [1.82, 2.24) is 4.72 Å². The van der Waals surface area contributed by atoms with E-state index in [1.54, 1.807) is 23.1 Å². The van der Waals surface area contributed by atoms with Crippen molar-refractivity contribution in [1.29, 1.82) is 0 Å². The van der Waals surface area contributed by atoms with E-state index in [-0.39, 0.29) is 23.6 Å². The summed E-state index contributed by atoms with van der Waals surface area (Å²) in [6.45, 7) is 2.23. The third-order valence-electron chi connectivity index (χ3n) is 4.61. The molecule has 0 fully saturated rings. The van der Waals surface area contributed by atoms with Crippen LogP contribution in [0.5, 0.6) is 0 Å². The summed E-state index contributed by atoms with van der Waals surface area (Å²) < 4.78 is 27.8. The van der Waals surface area contributed by atoms with Gasteiger partial charge in [-0.25, -0.2) is 13.1 Å². The van der Waals surface area contributed by atoms with E-state index in [1.165, 1.54) is 12.1 Å². The Kier molecular flexibility index (Phi) is 5.09. The summed E-state index contributed by atoms with van der Waals surface area (Å²) >= 11 is 0. The number of carbonyl (C=O) groups excluding carboxylic acids is 3. The molecule has 2 aromatic carbocycles. The van der Waals surface area contributed by atoms with Gasteiger partial charge in [-0.1, -0.05) is 12.1 Å². The Balaban J connectivity index is 2.07. The Morgan fingerprint density at radius 1 is 1.25 bits per heavy atom. The lowest BCUT2D eigenvalue weighted by atomic mass is 10.1. The van der Waals surface area contributed by atoms with Crippen LogP contribution in [0.15, 0.2) is 35.2 Å². The molecule has 1 aliphatic rings. The predicted octanol–water partition coefficient (Wildman–Crippen LogP) is -0.518. The summed E-state index contributed by atoms with van der Waals surface area (Å²) in [4.78, 5) is 36.1. The molecule has 0 spiro atoms. The normalized spacial score (nSPS) is 14.5. The molecule has 2 aromatic rings. The van der Waals surface area contributed by atoms with Crippen LogP contribution in [0.25, 0.3) is 10.8 Å². The molecular weight excluding hydrogens is 386 g/mol. The molecule has 0 radical (unpaired) electrons. The lowest BCUT2D eigenvalue weighted by Gasteiger charge is -2.20. The number of nitrogens with zero attached hydrogens (tertiary/aromatic N) is 1. The number of carbonyl (C=O) groups is 3. The van der Waals surface area contributed by atoms with E-state index in [9.17, 15) is 27.9 Å². The number of hydrogen-bond acceptors (Lipinski definition) is 6. The van der Waals surface area contributed by atoms with Crippen molar-refractivity contribution in [3.63, 3.8) is 0 Å². The molecule has 148 valence electrons. The van der Waals surface area contributed by atoms with Crippen molar-refractivity contribution >= 4 is 44.3 Å². The third kappa shape index (κ3) is 3.32. The monoisotopic (exact) mass is 404 g/mol. The number of carboxylic acids is 1. The summed E-state index contributed by atoms with van der Waals surface area (Å²) in [6.07, 6.45) is -0.648. The molecule has 1 heterocycles. The van der Waals surface area contributed by atoms with Crippen LogP contribution in [-0.4, -0.2) is 38.8 Å². The Hall–Kier alpha value is -2.98. The number of carboxylic acid groups (broad SMARTS) is 1. The van der Waals surface area contributed by atoms with Crippen LogP contribution in [0.3, 0.4) is 0 Å². The first-order valence-electron chi connectivity index (χ1n) is 8.56. The highest BCUT2D eigenvalue weighted by Crippen LogP contribution is 2.39. The van der Waals surface area contributed by atoms with Crippen LogP contribution in [0.2, 0.25) is 0 Å². The number of anilines is 1. The van der Waals surface area contributed by atoms with Crippen molar-refractivity contribution in [3.8, 4) is 0 Å². The summed E-state index contributed by atoms with van der Waals surface area (Å²) in [7, 11) is -4.28. The second kappa shape index (κ2) is 7.21. The van der Waals surface area contributed by atoms with Gasteiger partial charge in [0.05, 0.1) is 22.6 Å². The highest BCUT2D eigenvalue weighted by atomic mass is 32.2. The third-order valence-corrected chi connectivity index (χ3v) is 6.14. The number of benzene rings is 2. The zero-order chi connectivity index (χ0) is 20.6. The molecule has 10 heteroatoms. The number of nitrogens with one attached hydrogen (secondary N) is 1. The van der Waals surface area contributed by atoms with Gasteiger partial charge in [-0.15, -0.1) is 0 Å². The average molecular weight is 404 g/mol. The molecule has 1 atom stereocenters. The maximum absolute atomic E-state index is 12.9. The quantitative estimate of drug-likeness (QED) is 0.604. The summed E-state index contributed by atoms with van der Waals surface area (Å²) in [5.41, 5.74) is 5.99. The first-order valence-corrected chi connectivity index (χ1v) is 10.0. The molecule has 3 rings (SSSR count). The van der Waals surface area contributed by atoms with Gasteiger partial charge in [0.2, 0.25) is 15.9 Å². The van der Waals surface area contributed by atoms with Gasteiger partial charge in [0.1, 0.15) is 0 Å². The number of hydrogen-bond donors (Lipinski definition) is 2. The van der Waals surface area contributed by atoms with Crippen LogP contribution >= 0.6 is 0 Å². The molecule has 0 aliphatic carbocycles. The Morgan fingerprint density at radius 2 is 1.96 bits per heavy atom. The van der Waals surface area contributed by atoms with E-state index in [2.05, 4.69) is 4.72 Å². The van der Waals surface area contributed by atoms with Crippen LogP contribution in [0.4, 0.5) is 5.69 Å². The van der Waals surface area contributed by atoms with Crippen molar-refractivity contribution in [2.75, 3.05) is 11.4 Å². The molecule has 2 amide bonds. The molecule has 9 nitrogen and oxygen atoms in total. The minimum Gasteiger partial charge on any atom is -0.548 e. The molecule has 28 heavy (non-hydrogen) atoms. The molecule has 0 aromatic heterocycles. The molecule has 3 N–H and O–H groups in total. The van der Waals surface area contributed by atoms with Crippen molar-refractivity contribution in [2.45, 2.75) is 30.7 Å². The van der Waals surface area contributed by atoms with Gasteiger partial charge in [-0.05, 0) is 31.5 Å². The lowest BCUT2D eigenvalue weighted by Crippen LogP contribution is -2.48. The largest absolute Gasteiger partial charge is 0.548 e. The molecular formula is C18H18N3O6S-. The van der Waals surface area contributed by atoms with E-state index >= 15 is 0 Å². The smallest absolute Gasteiger partial charge is 0.258 e. The highest BCUT2D eigenvalue weighted by molar-refractivity contribution is 7.89. The van der Waals surface area contributed by atoms with E-state index in [4.69, 9.17) is 5.73 Å². The summed E-state index contributed by atoms with van der Waals surface area (Å²) in [6, 6.07) is 5.97. The second-order valence-corrected chi connectivity index (χ2v) is 8.04. The van der Waals surface area contributed by atoms with Crippen LogP contribution in [0.1, 0.15) is 30.1 Å². The van der Waals surface area contributed by atoms with Gasteiger partial charge < -0.3 is 20.5 Å². The average Bonchev–Trinajstić information content (AvgIpc) is 2.91. The number of sulfonamides is 1. The molecule has 0 saturated carbocycles. The Labute approximate surface area is 161 Å². The van der Waals surface area contributed by atoms with Gasteiger partial charge in [-0.2, -0.15) is 0 Å². The minimum absolute atomic E-state index is 0.163. The topological polar surface area (TPSA) is 150 Å². The van der Waals surface area contributed by atoms with E-state index < -0.39 is 27.9 Å². The zero-order valence-electron chi connectivity index (χ0n) is 15.0. The fourth-order valence-electron chi connectivity index (χ4n) is 3.33. The zero-order valence-corrected chi connectivity index (χ0v) is 15.8. The van der Waals surface area contributed by atoms with Crippen molar-refractivity contribution in [3.05, 3.63) is 35.9 Å². The number of rotatable bonds is 8. The van der Waals surface area contributed by atoms with Gasteiger partial charge in [0.15, 0.2) is 0 Å². The number of aliphatic carboxylic acids is 1. The van der Waals surface area contributed by atoms with E-state index in [0.717, 1.165) is 0 Å². The fourth-order valence-corrected chi connectivity index (χ4v) is 4.75. The molecule has 0 bridgehead atoms. The maximum atomic E-state index is 12.9. The van der Waals surface area contributed by atoms with Crippen molar-refractivity contribution < 1.29 is 27.9 Å². The Morgan fingerprint density at radius 3 is 2.57 bits per heavy atom. The van der Waals surface area contributed by atoms with E-state index in [0.29, 0.717) is 28.6 Å². The second-order valence-electron chi connectivity index (χ2n) is 6.36. The predicted molar refractivity (Wildman–Crippen MR) is 98.8 cm³/mol. The molecule has 0 saturated heterocycles. The first-order chi connectivity index (χ1) is 13.2. The van der Waals surface area contributed by atoms with Gasteiger partial charge in [0, 0.05) is 29.3 Å². The van der Waals surface area contributed by atoms with Crippen molar-refractivity contribution in [2.24, 2.45) is 5.73 Å². The molecule has 0 unspecified atom stereocenters. The molecule has 1 aliphatic heterocycles. The summed E-state index contributed by atoms with van der Waals surface area (Å²) in [5, 5.41) is 12.1. The van der Waals surface area contributed by atoms with Crippen LogP contribution < -0.4 is 20.5 Å². The van der Waals surface area contributed by atoms with Gasteiger partial charge in [0.25, 0.3) is 5.91 Å². The fraction of sp³-hybridized carbons (Fsp3) is 0.278. The maximum Gasteiger partial charge on any atom is 0.258 e. The number of primary amides is 1. The summed E-state index contributed by atoms with van der Waals surface area (Å²) in [5.74, 6) is -2.64. The van der Waals surface area contributed by atoms with Crippen LogP contribution in [-0.2, 0) is 19.6 Å². The van der Waals surface area contributed by atoms with E-state index in [1.807, 2.05) is 6.92 Å². The SMILES string of the molecule is CCN1C(=O)c2cccc3c(S(=O)(=O)N[C@H](CCC(N)=O)C(=O)[O-])ccc1c23. The lowest BCUT2D eigenvalue weighted by molar-refractivity contribution is -0.308. The first kappa shape index (κ1) is 19.8. The van der Waals surface area contributed by atoms with Gasteiger partial charge in [-0.3, -0.25) is 9.59 Å². The number of amides is 2. The Bertz CT molecular complexity index is 1100.